The van der Waals surface area contributed by atoms with Crippen molar-refractivity contribution in [1.29, 1.82) is 0 Å². The van der Waals surface area contributed by atoms with Gasteiger partial charge in [0.1, 0.15) is 5.75 Å². The number of nitrogens with one attached hydrogen (secondary N) is 1. The minimum atomic E-state index is -2.67. The van der Waals surface area contributed by atoms with E-state index in [0.29, 0.717) is 13.0 Å². The van der Waals surface area contributed by atoms with Crippen molar-refractivity contribution in [2.75, 3.05) is 20.2 Å². The van der Waals surface area contributed by atoms with Crippen LogP contribution < -0.4 is 10.1 Å². The van der Waals surface area contributed by atoms with Gasteiger partial charge in [-0.25, -0.2) is 8.78 Å². The Kier molecular flexibility index (Phi) is 3.85. The molecule has 1 saturated heterocycles. The predicted molar refractivity (Wildman–Crippen MR) is 67.5 cm³/mol. The molecule has 2 rings (SSSR count). The van der Waals surface area contributed by atoms with E-state index in [-0.39, 0.29) is 6.54 Å². The van der Waals surface area contributed by atoms with Crippen LogP contribution in [0.25, 0.3) is 0 Å². The third kappa shape index (κ3) is 2.48. The summed E-state index contributed by atoms with van der Waals surface area (Å²) in [6.07, 6.45) is 1.26. The minimum Gasteiger partial charge on any atom is -0.496 e. The molecule has 4 heteroatoms. The van der Waals surface area contributed by atoms with Crippen molar-refractivity contribution < 1.29 is 13.5 Å². The fraction of sp³-hybridized carbons (Fsp3) is 0.571. The SMILES string of the molecule is CCc1cc(C2CCNCC2(F)F)ccc1OC. The Bertz CT molecular complexity index is 420. The minimum absolute atomic E-state index is 0.231. The number of rotatable bonds is 3. The summed E-state index contributed by atoms with van der Waals surface area (Å²) < 4.78 is 33.0. The summed E-state index contributed by atoms with van der Waals surface area (Å²) >= 11 is 0. The largest absolute Gasteiger partial charge is 0.496 e. The molecule has 1 unspecified atom stereocenters. The van der Waals surface area contributed by atoms with Gasteiger partial charge in [0, 0.05) is 0 Å². The van der Waals surface area contributed by atoms with Gasteiger partial charge < -0.3 is 10.1 Å². The van der Waals surface area contributed by atoms with E-state index in [2.05, 4.69) is 5.32 Å². The van der Waals surface area contributed by atoms with Gasteiger partial charge in [0.2, 0.25) is 0 Å². The van der Waals surface area contributed by atoms with Gasteiger partial charge in [-0.15, -0.1) is 0 Å². The van der Waals surface area contributed by atoms with Crippen molar-refractivity contribution in [2.24, 2.45) is 0 Å². The lowest BCUT2D eigenvalue weighted by Gasteiger charge is -2.32. The highest BCUT2D eigenvalue weighted by Gasteiger charge is 2.42. The van der Waals surface area contributed by atoms with Gasteiger partial charge in [0.15, 0.2) is 0 Å². The van der Waals surface area contributed by atoms with Crippen LogP contribution in [0.5, 0.6) is 5.75 Å². The molecule has 0 aromatic heterocycles. The lowest BCUT2D eigenvalue weighted by molar-refractivity contribution is -0.0420. The zero-order chi connectivity index (χ0) is 13.2. The summed E-state index contributed by atoms with van der Waals surface area (Å²) in [6, 6.07) is 5.43. The van der Waals surface area contributed by atoms with E-state index < -0.39 is 11.8 Å². The number of halogens is 2. The normalized spacial score (nSPS) is 22.8. The van der Waals surface area contributed by atoms with Crippen LogP contribution in [0.2, 0.25) is 0 Å². The highest BCUT2D eigenvalue weighted by molar-refractivity contribution is 5.39. The first-order valence-electron chi connectivity index (χ1n) is 6.34. The fourth-order valence-corrected chi connectivity index (χ4v) is 2.54. The Hall–Kier alpha value is -1.16. The van der Waals surface area contributed by atoms with Crippen molar-refractivity contribution in [3.8, 4) is 5.75 Å². The molecule has 1 N–H and O–H groups in total. The summed E-state index contributed by atoms with van der Waals surface area (Å²) in [7, 11) is 1.60. The van der Waals surface area contributed by atoms with E-state index in [0.717, 1.165) is 23.3 Å². The molecule has 0 saturated carbocycles. The van der Waals surface area contributed by atoms with Crippen molar-refractivity contribution in [3.05, 3.63) is 29.3 Å². The van der Waals surface area contributed by atoms with Gasteiger partial charge in [0.05, 0.1) is 19.6 Å². The van der Waals surface area contributed by atoms with Gasteiger partial charge in [-0.3, -0.25) is 0 Å². The number of ether oxygens (including phenoxy) is 1. The van der Waals surface area contributed by atoms with Crippen LogP contribution in [0.1, 0.15) is 30.4 Å². The first-order chi connectivity index (χ1) is 8.58. The number of hydrogen-bond donors (Lipinski definition) is 1. The molecule has 1 aromatic rings. The average Bonchev–Trinajstić information content (AvgIpc) is 2.37. The summed E-state index contributed by atoms with van der Waals surface area (Å²) in [5.41, 5.74) is 1.71. The lowest BCUT2D eigenvalue weighted by atomic mass is 9.86. The summed E-state index contributed by atoms with van der Waals surface area (Å²) in [5.74, 6) is -2.58. The molecule has 0 spiro atoms. The van der Waals surface area contributed by atoms with Crippen molar-refractivity contribution in [1.82, 2.24) is 5.32 Å². The van der Waals surface area contributed by atoms with Gasteiger partial charge in [0.25, 0.3) is 5.92 Å². The molecule has 2 nitrogen and oxygen atoms in total. The first kappa shape index (κ1) is 13.3. The van der Waals surface area contributed by atoms with Crippen LogP contribution in [0.3, 0.4) is 0 Å². The molecule has 100 valence electrons. The average molecular weight is 255 g/mol. The molecule has 1 aromatic carbocycles. The van der Waals surface area contributed by atoms with Gasteiger partial charge in [-0.1, -0.05) is 19.1 Å². The maximum atomic E-state index is 13.9. The Balaban J connectivity index is 2.32. The number of piperidine rings is 1. The van der Waals surface area contributed by atoms with Crippen LogP contribution >= 0.6 is 0 Å². The van der Waals surface area contributed by atoms with E-state index in [1.165, 1.54) is 0 Å². The Morgan fingerprint density at radius 1 is 1.44 bits per heavy atom. The first-order valence-corrected chi connectivity index (χ1v) is 6.34. The number of aryl methyl sites for hydroxylation is 1. The molecule has 1 aliphatic rings. The van der Waals surface area contributed by atoms with E-state index in [1.54, 1.807) is 19.2 Å². The molecule has 0 bridgehead atoms. The number of alkyl halides is 2. The Morgan fingerprint density at radius 2 is 2.22 bits per heavy atom. The third-order valence-corrected chi connectivity index (χ3v) is 3.57. The second-order valence-electron chi connectivity index (χ2n) is 4.70. The second-order valence-corrected chi connectivity index (χ2v) is 4.70. The van der Waals surface area contributed by atoms with E-state index in [1.807, 2.05) is 13.0 Å². The molecule has 0 amide bonds. The van der Waals surface area contributed by atoms with Crippen LogP contribution in [0.4, 0.5) is 8.78 Å². The van der Waals surface area contributed by atoms with E-state index in [9.17, 15) is 8.78 Å². The molecular weight excluding hydrogens is 236 g/mol. The van der Waals surface area contributed by atoms with Gasteiger partial charge in [-0.2, -0.15) is 0 Å². The van der Waals surface area contributed by atoms with Crippen molar-refractivity contribution in [3.63, 3.8) is 0 Å². The molecule has 0 aliphatic carbocycles. The molecule has 0 radical (unpaired) electrons. The number of hydrogen-bond acceptors (Lipinski definition) is 2. The molecule has 1 heterocycles. The number of methoxy groups -OCH3 is 1. The van der Waals surface area contributed by atoms with Crippen molar-refractivity contribution in [2.45, 2.75) is 31.6 Å². The Morgan fingerprint density at radius 3 is 2.83 bits per heavy atom. The smallest absolute Gasteiger partial charge is 0.267 e. The molecule has 1 fully saturated rings. The zero-order valence-electron chi connectivity index (χ0n) is 10.8. The second kappa shape index (κ2) is 5.22. The quantitative estimate of drug-likeness (QED) is 0.896. The standard InChI is InChI=1S/C14H19F2NO/c1-3-10-8-11(4-5-13(10)18-2)12-6-7-17-9-14(12,15)16/h4-5,8,12,17H,3,6-7,9H2,1-2H3. The third-order valence-electron chi connectivity index (χ3n) is 3.57. The Labute approximate surface area is 106 Å². The summed E-state index contributed by atoms with van der Waals surface area (Å²) in [6.45, 7) is 2.42. The van der Waals surface area contributed by atoms with Gasteiger partial charge >= 0.3 is 0 Å². The van der Waals surface area contributed by atoms with Crippen LogP contribution in [0, 0.1) is 0 Å². The predicted octanol–water partition coefficient (Wildman–Crippen LogP) is 2.97. The van der Waals surface area contributed by atoms with Crippen molar-refractivity contribution >= 4 is 0 Å². The van der Waals surface area contributed by atoms with E-state index in [4.69, 9.17) is 4.74 Å². The van der Waals surface area contributed by atoms with E-state index >= 15 is 0 Å². The molecular formula is C14H19F2NO. The molecule has 1 atom stereocenters. The summed E-state index contributed by atoms with van der Waals surface area (Å²) in [4.78, 5) is 0. The monoisotopic (exact) mass is 255 g/mol. The van der Waals surface area contributed by atoms with Crippen LogP contribution in [-0.2, 0) is 6.42 Å². The number of benzene rings is 1. The van der Waals surface area contributed by atoms with Crippen LogP contribution in [-0.4, -0.2) is 26.1 Å². The molecule has 18 heavy (non-hydrogen) atoms. The zero-order valence-corrected chi connectivity index (χ0v) is 10.8. The summed E-state index contributed by atoms with van der Waals surface area (Å²) in [5, 5.41) is 2.75. The van der Waals surface area contributed by atoms with Gasteiger partial charge in [-0.05, 0) is 36.6 Å². The molecule has 1 aliphatic heterocycles. The maximum Gasteiger partial charge on any atom is 0.267 e. The fourth-order valence-electron chi connectivity index (χ4n) is 2.54. The maximum absolute atomic E-state index is 13.9. The lowest BCUT2D eigenvalue weighted by Crippen LogP contribution is -2.44. The highest BCUT2D eigenvalue weighted by atomic mass is 19.3. The highest BCUT2D eigenvalue weighted by Crippen LogP contribution is 2.39. The van der Waals surface area contributed by atoms with Crippen LogP contribution in [0.15, 0.2) is 18.2 Å². The topological polar surface area (TPSA) is 21.3 Å².